The van der Waals surface area contributed by atoms with Crippen LogP contribution in [0.4, 0.5) is 0 Å². The Labute approximate surface area is 138 Å². The lowest BCUT2D eigenvalue weighted by Gasteiger charge is -2.32. The van der Waals surface area contributed by atoms with Gasteiger partial charge in [-0.15, -0.1) is 0 Å². The van der Waals surface area contributed by atoms with Gasteiger partial charge in [0, 0.05) is 30.3 Å². The average molecular weight is 335 g/mol. The number of aliphatic hydroxyl groups is 1. The van der Waals surface area contributed by atoms with Gasteiger partial charge in [0.25, 0.3) is 0 Å². The fraction of sp³-hybridized carbons (Fsp3) is 0.562. The van der Waals surface area contributed by atoms with Gasteiger partial charge in [0.05, 0.1) is 5.60 Å². The molecule has 0 aliphatic heterocycles. The number of aryl methyl sites for hydroxylation is 1. The van der Waals surface area contributed by atoms with Crippen molar-refractivity contribution in [3.05, 3.63) is 22.7 Å². The van der Waals surface area contributed by atoms with E-state index in [-0.39, 0.29) is 12.3 Å². The topological polar surface area (TPSA) is 88.2 Å². The summed E-state index contributed by atoms with van der Waals surface area (Å²) in [4.78, 5) is 16.2. The van der Waals surface area contributed by atoms with Crippen molar-refractivity contribution in [3.8, 4) is 11.4 Å². The molecule has 0 atom stereocenters. The minimum absolute atomic E-state index is 0.0979. The van der Waals surface area contributed by atoms with Crippen LogP contribution in [-0.2, 0) is 11.2 Å². The number of carbonyl (C=O) groups is 1. The Kier molecular flexibility index (Phi) is 5.07. The predicted molar refractivity (Wildman–Crippen MR) is 87.0 cm³/mol. The smallest absolute Gasteiger partial charge is 0.227 e. The number of carbonyl (C=O) groups excluding carboxylic acids is 1. The molecule has 0 unspecified atom stereocenters. The first-order valence-corrected chi connectivity index (χ1v) is 8.93. The van der Waals surface area contributed by atoms with Crippen molar-refractivity contribution in [2.24, 2.45) is 0 Å². The van der Waals surface area contributed by atoms with Gasteiger partial charge < -0.3 is 14.9 Å². The average Bonchev–Trinajstić information content (AvgIpc) is 3.23. The Balaban J connectivity index is 1.44. The predicted octanol–water partition coefficient (Wildman–Crippen LogP) is 2.54. The minimum atomic E-state index is -0.732. The van der Waals surface area contributed by atoms with Crippen molar-refractivity contribution in [2.45, 2.75) is 50.5 Å². The number of nitrogens with zero attached hydrogens (tertiary/aromatic N) is 2. The summed E-state index contributed by atoms with van der Waals surface area (Å²) in [6.45, 7) is 0.329. The summed E-state index contributed by atoms with van der Waals surface area (Å²) in [5.74, 6) is 0.912. The van der Waals surface area contributed by atoms with Gasteiger partial charge in [0.2, 0.25) is 17.6 Å². The molecule has 1 fully saturated rings. The van der Waals surface area contributed by atoms with E-state index >= 15 is 0 Å². The standard InChI is InChI=1S/C16H21N3O3S/c20-13(17-11-16(21)7-2-1-3-8-16)4-5-14-18-15(19-22-14)12-6-9-23-10-12/h6,9-10,21H,1-5,7-8,11H2,(H,17,20). The molecule has 1 aliphatic rings. The van der Waals surface area contributed by atoms with E-state index in [4.69, 9.17) is 4.52 Å². The van der Waals surface area contributed by atoms with Crippen molar-refractivity contribution in [3.63, 3.8) is 0 Å². The van der Waals surface area contributed by atoms with Crippen LogP contribution in [0.1, 0.15) is 44.4 Å². The van der Waals surface area contributed by atoms with Gasteiger partial charge in [-0.2, -0.15) is 16.3 Å². The lowest BCUT2D eigenvalue weighted by atomic mass is 9.85. The van der Waals surface area contributed by atoms with Crippen LogP contribution in [0.25, 0.3) is 11.4 Å². The Hall–Kier alpha value is -1.73. The second-order valence-electron chi connectivity index (χ2n) is 6.09. The van der Waals surface area contributed by atoms with Gasteiger partial charge in [-0.3, -0.25) is 4.79 Å². The van der Waals surface area contributed by atoms with Gasteiger partial charge in [-0.25, -0.2) is 0 Å². The van der Waals surface area contributed by atoms with Crippen LogP contribution in [0.3, 0.4) is 0 Å². The third kappa shape index (κ3) is 4.39. The zero-order chi connectivity index (χ0) is 16.1. The maximum atomic E-state index is 11.9. The van der Waals surface area contributed by atoms with E-state index in [1.165, 1.54) is 6.42 Å². The van der Waals surface area contributed by atoms with E-state index in [0.717, 1.165) is 31.2 Å². The molecule has 7 heteroatoms. The van der Waals surface area contributed by atoms with Crippen molar-refractivity contribution in [1.82, 2.24) is 15.5 Å². The highest BCUT2D eigenvalue weighted by molar-refractivity contribution is 7.08. The van der Waals surface area contributed by atoms with E-state index < -0.39 is 5.60 Å². The van der Waals surface area contributed by atoms with Crippen LogP contribution in [0.15, 0.2) is 21.3 Å². The summed E-state index contributed by atoms with van der Waals surface area (Å²) in [6.07, 6.45) is 5.43. The van der Waals surface area contributed by atoms with Crippen LogP contribution in [0.5, 0.6) is 0 Å². The Morgan fingerprint density at radius 1 is 1.39 bits per heavy atom. The molecule has 0 aromatic carbocycles. The second kappa shape index (κ2) is 7.23. The van der Waals surface area contributed by atoms with Crippen LogP contribution in [0, 0.1) is 0 Å². The SMILES string of the molecule is O=C(CCc1nc(-c2ccsc2)no1)NCC1(O)CCCCC1. The largest absolute Gasteiger partial charge is 0.388 e. The number of rotatable bonds is 6. The molecule has 1 saturated carbocycles. The molecule has 6 nitrogen and oxygen atoms in total. The fourth-order valence-electron chi connectivity index (χ4n) is 2.82. The molecule has 0 spiro atoms. The van der Waals surface area contributed by atoms with Crippen molar-refractivity contribution in [1.29, 1.82) is 0 Å². The highest BCUT2D eigenvalue weighted by Crippen LogP contribution is 2.27. The zero-order valence-electron chi connectivity index (χ0n) is 13.0. The van der Waals surface area contributed by atoms with Gasteiger partial charge in [-0.05, 0) is 24.3 Å². The first-order valence-electron chi connectivity index (χ1n) is 7.99. The van der Waals surface area contributed by atoms with Crippen molar-refractivity contribution < 1.29 is 14.4 Å². The summed E-state index contributed by atoms with van der Waals surface area (Å²) in [5.41, 5.74) is 0.193. The number of hydrogen-bond acceptors (Lipinski definition) is 6. The van der Waals surface area contributed by atoms with Gasteiger partial charge in [0.1, 0.15) is 0 Å². The summed E-state index contributed by atoms with van der Waals surface area (Å²) < 4.78 is 5.17. The van der Waals surface area contributed by atoms with E-state index in [9.17, 15) is 9.90 Å². The Morgan fingerprint density at radius 3 is 2.96 bits per heavy atom. The van der Waals surface area contributed by atoms with Gasteiger partial charge in [0.15, 0.2) is 0 Å². The number of hydrogen-bond donors (Lipinski definition) is 2. The molecular weight excluding hydrogens is 314 g/mol. The molecular formula is C16H21N3O3S. The van der Waals surface area contributed by atoms with E-state index in [1.807, 2.05) is 16.8 Å². The molecule has 124 valence electrons. The molecule has 0 radical (unpaired) electrons. The molecule has 2 aromatic rings. The molecule has 0 bridgehead atoms. The molecule has 1 aliphatic carbocycles. The summed E-state index contributed by atoms with van der Waals surface area (Å²) >= 11 is 1.57. The van der Waals surface area contributed by atoms with E-state index in [2.05, 4.69) is 15.5 Å². The molecule has 2 heterocycles. The monoisotopic (exact) mass is 335 g/mol. The summed E-state index contributed by atoms with van der Waals surface area (Å²) in [6, 6.07) is 1.93. The molecule has 2 aromatic heterocycles. The molecule has 1 amide bonds. The number of nitrogens with one attached hydrogen (secondary N) is 1. The lowest BCUT2D eigenvalue weighted by molar-refractivity contribution is -0.122. The number of amides is 1. The third-order valence-corrected chi connectivity index (χ3v) is 4.90. The van der Waals surface area contributed by atoms with Crippen LogP contribution < -0.4 is 5.32 Å². The molecule has 2 N–H and O–H groups in total. The quantitative estimate of drug-likeness (QED) is 0.847. The van der Waals surface area contributed by atoms with E-state index in [0.29, 0.717) is 24.7 Å². The van der Waals surface area contributed by atoms with Crippen molar-refractivity contribution >= 4 is 17.2 Å². The van der Waals surface area contributed by atoms with E-state index in [1.54, 1.807) is 11.3 Å². The van der Waals surface area contributed by atoms with Crippen LogP contribution >= 0.6 is 11.3 Å². The molecule has 23 heavy (non-hydrogen) atoms. The zero-order valence-corrected chi connectivity index (χ0v) is 13.8. The summed E-state index contributed by atoms with van der Waals surface area (Å²) in [5, 5.41) is 21.0. The van der Waals surface area contributed by atoms with Crippen molar-refractivity contribution in [2.75, 3.05) is 6.54 Å². The first-order chi connectivity index (χ1) is 11.1. The lowest BCUT2D eigenvalue weighted by Crippen LogP contribution is -2.44. The minimum Gasteiger partial charge on any atom is -0.388 e. The normalized spacial score (nSPS) is 17.1. The Bertz CT molecular complexity index is 633. The fourth-order valence-corrected chi connectivity index (χ4v) is 3.46. The van der Waals surface area contributed by atoms with Crippen LogP contribution in [-0.4, -0.2) is 33.3 Å². The first kappa shape index (κ1) is 16.1. The maximum absolute atomic E-state index is 11.9. The highest BCUT2D eigenvalue weighted by atomic mass is 32.1. The Morgan fingerprint density at radius 2 is 2.22 bits per heavy atom. The second-order valence-corrected chi connectivity index (χ2v) is 6.87. The van der Waals surface area contributed by atoms with Crippen LogP contribution in [0.2, 0.25) is 0 Å². The van der Waals surface area contributed by atoms with Gasteiger partial charge >= 0.3 is 0 Å². The summed E-state index contributed by atoms with van der Waals surface area (Å²) in [7, 11) is 0. The number of thiophene rings is 1. The van der Waals surface area contributed by atoms with Gasteiger partial charge in [-0.1, -0.05) is 24.4 Å². The number of aromatic nitrogens is 2. The maximum Gasteiger partial charge on any atom is 0.227 e. The highest BCUT2D eigenvalue weighted by Gasteiger charge is 2.29. The molecule has 3 rings (SSSR count). The third-order valence-electron chi connectivity index (χ3n) is 4.21. The molecule has 0 saturated heterocycles.